The zero-order chi connectivity index (χ0) is 26.9. The molecule has 206 valence electrons. The Bertz CT molecular complexity index is 1010. The van der Waals surface area contributed by atoms with Crippen molar-refractivity contribution in [3.63, 3.8) is 0 Å². The van der Waals surface area contributed by atoms with Crippen molar-refractivity contribution in [1.29, 1.82) is 0 Å². The maximum Gasteiger partial charge on any atom is 0.303 e. The molecule has 0 unspecified atom stereocenters. The zero-order valence-corrected chi connectivity index (χ0v) is 24.2. The summed E-state index contributed by atoms with van der Waals surface area (Å²) in [4.78, 5) is 24.1. The number of hydrogen-bond donors (Lipinski definition) is 0. The van der Waals surface area contributed by atoms with E-state index in [1.54, 1.807) is 0 Å². The van der Waals surface area contributed by atoms with Crippen LogP contribution in [-0.4, -0.2) is 35.9 Å². The highest BCUT2D eigenvalue weighted by atomic mass is 16.7. The van der Waals surface area contributed by atoms with Gasteiger partial charge in [-0.25, -0.2) is 0 Å². The van der Waals surface area contributed by atoms with Gasteiger partial charge in [-0.15, -0.1) is 0 Å². The lowest BCUT2D eigenvalue weighted by atomic mass is 9.49. The van der Waals surface area contributed by atoms with Gasteiger partial charge in [0.25, 0.3) is 0 Å². The maximum atomic E-state index is 12.4. The molecule has 0 bridgehead atoms. The number of ether oxygens (including phenoxy) is 3. The van der Waals surface area contributed by atoms with Crippen molar-refractivity contribution in [2.75, 3.05) is 0 Å². The standard InChI is InChI=1S/C32H48O5/c1-18(2)19(3)9-10-20(4)24-11-12-25-27-26(14-15-30(24,25)7)31(8)16-13-23(35-21(5)33)17-32(31)29(37-32)28(27)36-22(6)34/h18,20,23-25,28-29H,3,9-17H2,1-2,4-8H3/t20-,23+,24-,25+,28+,29+,30-,31-,32+/m1/s1. The van der Waals surface area contributed by atoms with Gasteiger partial charge < -0.3 is 14.2 Å². The highest BCUT2D eigenvalue weighted by Gasteiger charge is 2.77. The van der Waals surface area contributed by atoms with Crippen LogP contribution in [0.4, 0.5) is 0 Å². The first-order valence-electron chi connectivity index (χ1n) is 14.8. The molecule has 2 saturated carbocycles. The van der Waals surface area contributed by atoms with Crippen LogP contribution < -0.4 is 0 Å². The molecule has 1 aliphatic heterocycles. The van der Waals surface area contributed by atoms with Gasteiger partial charge in [-0.05, 0) is 86.0 Å². The number of epoxide rings is 1. The van der Waals surface area contributed by atoms with Crippen LogP contribution in [0.3, 0.4) is 0 Å². The van der Waals surface area contributed by atoms with Crippen LogP contribution in [0.5, 0.6) is 0 Å². The number of allylic oxidation sites excluding steroid dienone is 1. The van der Waals surface area contributed by atoms with Crippen LogP contribution in [0.25, 0.3) is 0 Å². The fourth-order valence-corrected chi connectivity index (χ4v) is 9.33. The highest BCUT2D eigenvalue weighted by Crippen LogP contribution is 2.72. The van der Waals surface area contributed by atoms with E-state index in [0.29, 0.717) is 30.1 Å². The van der Waals surface area contributed by atoms with E-state index in [2.05, 4.69) is 41.2 Å². The number of fused-ring (bicyclic) bond motifs is 3. The second-order valence-corrected chi connectivity index (χ2v) is 13.8. The first-order valence-corrected chi connectivity index (χ1v) is 14.8. The van der Waals surface area contributed by atoms with E-state index in [9.17, 15) is 9.59 Å². The normalized spacial score (nSPS) is 42.8. The molecule has 0 aromatic heterocycles. The summed E-state index contributed by atoms with van der Waals surface area (Å²) in [6.45, 7) is 19.2. The molecule has 0 aromatic carbocycles. The van der Waals surface area contributed by atoms with Crippen LogP contribution in [0.15, 0.2) is 23.3 Å². The quantitative estimate of drug-likeness (QED) is 0.210. The summed E-state index contributed by atoms with van der Waals surface area (Å²) in [5.74, 6) is 1.83. The number of carbonyl (C=O) groups excluding carboxylic acids is 2. The van der Waals surface area contributed by atoms with E-state index < -0.39 is 0 Å². The zero-order valence-electron chi connectivity index (χ0n) is 24.2. The summed E-state index contributed by atoms with van der Waals surface area (Å²) < 4.78 is 18.4. The Balaban J connectivity index is 1.46. The van der Waals surface area contributed by atoms with E-state index in [0.717, 1.165) is 25.7 Å². The van der Waals surface area contributed by atoms with E-state index >= 15 is 0 Å². The fraction of sp³-hybridized carbons (Fsp3) is 0.812. The summed E-state index contributed by atoms with van der Waals surface area (Å²) in [6, 6.07) is 0. The molecule has 0 radical (unpaired) electrons. The molecule has 0 aromatic rings. The Hall–Kier alpha value is -1.62. The molecule has 1 saturated heterocycles. The first kappa shape index (κ1) is 27.0. The first-order chi connectivity index (χ1) is 17.3. The minimum Gasteiger partial charge on any atom is -0.462 e. The van der Waals surface area contributed by atoms with Gasteiger partial charge in [0.1, 0.15) is 17.8 Å². The molecule has 5 aliphatic rings. The molecule has 3 fully saturated rings. The molecule has 9 atom stereocenters. The largest absolute Gasteiger partial charge is 0.462 e. The summed E-state index contributed by atoms with van der Waals surface area (Å²) >= 11 is 0. The van der Waals surface area contributed by atoms with E-state index in [-0.39, 0.29) is 46.7 Å². The maximum absolute atomic E-state index is 12.4. The van der Waals surface area contributed by atoms with Crippen LogP contribution in [0.2, 0.25) is 0 Å². The SMILES string of the molecule is C=C(CC[C@@H](C)[C@H]1CC[C@H]2C3=C(CC[C@]12C)[C@@]1(C)CC[C@H](OC(C)=O)C[C@@]12O[C@H]2[C@H]3OC(C)=O)C(C)C. The molecular weight excluding hydrogens is 464 g/mol. The van der Waals surface area contributed by atoms with Crippen molar-refractivity contribution >= 4 is 11.9 Å². The molecule has 5 rings (SSSR count). The summed E-state index contributed by atoms with van der Waals surface area (Å²) in [6.07, 6.45) is 8.90. The summed E-state index contributed by atoms with van der Waals surface area (Å²) in [7, 11) is 0. The summed E-state index contributed by atoms with van der Waals surface area (Å²) in [5, 5.41) is 0. The van der Waals surface area contributed by atoms with Gasteiger partial charge in [0, 0.05) is 25.7 Å². The third kappa shape index (κ3) is 4.13. The van der Waals surface area contributed by atoms with Crippen LogP contribution in [-0.2, 0) is 23.8 Å². The van der Waals surface area contributed by atoms with Gasteiger partial charge in [0.05, 0.1) is 0 Å². The van der Waals surface area contributed by atoms with Gasteiger partial charge in [0.15, 0.2) is 6.10 Å². The molecule has 0 amide bonds. The molecule has 4 aliphatic carbocycles. The van der Waals surface area contributed by atoms with E-state index in [4.69, 9.17) is 14.2 Å². The minimum absolute atomic E-state index is 0.0830. The number of rotatable bonds is 7. The molecule has 37 heavy (non-hydrogen) atoms. The smallest absolute Gasteiger partial charge is 0.303 e. The van der Waals surface area contributed by atoms with Crippen LogP contribution in [0, 0.1) is 34.5 Å². The van der Waals surface area contributed by atoms with Crippen LogP contribution >= 0.6 is 0 Å². The van der Waals surface area contributed by atoms with Crippen LogP contribution in [0.1, 0.15) is 106 Å². The molecule has 5 heteroatoms. The van der Waals surface area contributed by atoms with E-state index in [1.165, 1.54) is 56.3 Å². The van der Waals surface area contributed by atoms with Gasteiger partial charge >= 0.3 is 11.9 Å². The number of hydrogen-bond acceptors (Lipinski definition) is 5. The van der Waals surface area contributed by atoms with Gasteiger partial charge in [-0.3, -0.25) is 9.59 Å². The molecular formula is C32H48O5. The predicted molar refractivity (Wildman–Crippen MR) is 144 cm³/mol. The van der Waals surface area contributed by atoms with Gasteiger partial charge in [-0.1, -0.05) is 52.3 Å². The third-order valence-electron chi connectivity index (χ3n) is 11.5. The Kier molecular flexibility index (Phi) is 6.74. The second-order valence-electron chi connectivity index (χ2n) is 13.8. The average molecular weight is 513 g/mol. The summed E-state index contributed by atoms with van der Waals surface area (Å²) in [5.41, 5.74) is 4.01. The minimum atomic E-state index is -0.388. The van der Waals surface area contributed by atoms with Crippen molar-refractivity contribution in [2.24, 2.45) is 34.5 Å². The molecule has 5 nitrogen and oxygen atoms in total. The monoisotopic (exact) mass is 512 g/mol. The lowest BCUT2D eigenvalue weighted by molar-refractivity contribution is -0.151. The highest BCUT2D eigenvalue weighted by molar-refractivity contribution is 5.67. The number of carbonyl (C=O) groups is 2. The fourth-order valence-electron chi connectivity index (χ4n) is 9.33. The lowest BCUT2D eigenvalue weighted by Crippen LogP contribution is -2.56. The van der Waals surface area contributed by atoms with Gasteiger partial charge in [0.2, 0.25) is 0 Å². The van der Waals surface area contributed by atoms with Crippen molar-refractivity contribution in [3.8, 4) is 0 Å². The van der Waals surface area contributed by atoms with Gasteiger partial charge in [-0.2, -0.15) is 0 Å². The Labute approximate surface area is 223 Å². The number of esters is 2. The van der Waals surface area contributed by atoms with Crippen molar-refractivity contribution in [1.82, 2.24) is 0 Å². The van der Waals surface area contributed by atoms with Crippen molar-refractivity contribution in [2.45, 2.75) is 130 Å². The lowest BCUT2D eigenvalue weighted by Gasteiger charge is -2.54. The molecule has 1 spiro atoms. The topological polar surface area (TPSA) is 65.1 Å². The third-order valence-corrected chi connectivity index (χ3v) is 11.5. The van der Waals surface area contributed by atoms with Crippen molar-refractivity contribution in [3.05, 3.63) is 23.3 Å². The Morgan fingerprint density at radius 3 is 2.41 bits per heavy atom. The van der Waals surface area contributed by atoms with E-state index in [1.807, 2.05) is 0 Å². The molecule has 0 N–H and O–H groups in total. The van der Waals surface area contributed by atoms with Crippen molar-refractivity contribution < 1.29 is 23.8 Å². The second kappa shape index (κ2) is 9.24. The Morgan fingerprint density at radius 2 is 1.76 bits per heavy atom. The molecule has 1 heterocycles. The average Bonchev–Trinajstić information content (AvgIpc) is 3.43. The predicted octanol–water partition coefficient (Wildman–Crippen LogP) is 6.94. The Morgan fingerprint density at radius 1 is 1.05 bits per heavy atom.